The molecule has 2 amide bonds. The summed E-state index contributed by atoms with van der Waals surface area (Å²) in [6, 6.07) is 22.7. The van der Waals surface area contributed by atoms with Crippen molar-refractivity contribution in [1.29, 1.82) is 0 Å². The van der Waals surface area contributed by atoms with Crippen molar-refractivity contribution in [2.24, 2.45) is 0 Å². The highest BCUT2D eigenvalue weighted by Crippen LogP contribution is 2.13. The zero-order valence-corrected chi connectivity index (χ0v) is 18.8. The Bertz CT molecular complexity index is 1260. The molecule has 4 aromatic rings. The van der Waals surface area contributed by atoms with E-state index in [-0.39, 0.29) is 17.9 Å². The highest BCUT2D eigenvalue weighted by molar-refractivity contribution is 5.95. The van der Waals surface area contributed by atoms with Crippen LogP contribution in [0.1, 0.15) is 52.1 Å². The molecule has 1 aromatic heterocycles. The molecule has 0 saturated carbocycles. The number of hydrogen-bond donors (Lipinski definition) is 2. The van der Waals surface area contributed by atoms with Crippen LogP contribution < -0.4 is 10.6 Å². The maximum absolute atomic E-state index is 12.6. The van der Waals surface area contributed by atoms with E-state index in [1.54, 1.807) is 18.2 Å². The number of amides is 2. The summed E-state index contributed by atoms with van der Waals surface area (Å²) < 4.78 is 1.84. The van der Waals surface area contributed by atoms with Gasteiger partial charge in [0.15, 0.2) is 0 Å². The Kier molecular flexibility index (Phi) is 6.78. The molecule has 0 aliphatic rings. The number of nitrogens with one attached hydrogen (secondary N) is 2. The van der Waals surface area contributed by atoms with Crippen LogP contribution in [-0.2, 0) is 13.1 Å². The molecule has 7 nitrogen and oxygen atoms in total. The molecule has 0 saturated heterocycles. The van der Waals surface area contributed by atoms with Gasteiger partial charge in [-0.05, 0) is 60.9 Å². The molecule has 1 unspecified atom stereocenters. The number of aromatic nitrogens is 3. The normalized spacial score (nSPS) is 11.8. The van der Waals surface area contributed by atoms with Crippen LogP contribution in [0.25, 0.3) is 11.0 Å². The molecule has 2 N–H and O–H groups in total. The Labute approximate surface area is 192 Å². The fourth-order valence-corrected chi connectivity index (χ4v) is 3.48. The molecule has 1 heterocycles. The van der Waals surface area contributed by atoms with Crippen molar-refractivity contribution < 1.29 is 9.59 Å². The highest BCUT2D eigenvalue weighted by Gasteiger charge is 2.11. The summed E-state index contributed by atoms with van der Waals surface area (Å²) >= 11 is 0. The minimum absolute atomic E-state index is 0.103. The van der Waals surface area contributed by atoms with Gasteiger partial charge in [0, 0.05) is 23.7 Å². The van der Waals surface area contributed by atoms with Gasteiger partial charge < -0.3 is 10.6 Å². The summed E-state index contributed by atoms with van der Waals surface area (Å²) in [6.07, 6.45) is 0.871. The van der Waals surface area contributed by atoms with E-state index in [1.807, 2.05) is 73.1 Å². The SMILES string of the molecule is CCC(C)NC(=O)c1cccc(CNC(=O)c2ccc(Cn3nnc4ccccc43)cc2)c1. The summed E-state index contributed by atoms with van der Waals surface area (Å²) in [7, 11) is 0. The van der Waals surface area contributed by atoms with Gasteiger partial charge in [-0.25, -0.2) is 4.68 Å². The number of carbonyl (C=O) groups is 2. The first-order chi connectivity index (χ1) is 16.0. The quantitative estimate of drug-likeness (QED) is 0.434. The molecule has 0 bridgehead atoms. The Balaban J connectivity index is 1.35. The van der Waals surface area contributed by atoms with E-state index >= 15 is 0 Å². The Morgan fingerprint density at radius 1 is 0.909 bits per heavy atom. The summed E-state index contributed by atoms with van der Waals surface area (Å²) in [6.45, 7) is 4.92. The zero-order chi connectivity index (χ0) is 23.2. The summed E-state index contributed by atoms with van der Waals surface area (Å²) in [5, 5.41) is 14.3. The fraction of sp³-hybridized carbons (Fsp3) is 0.231. The molecule has 33 heavy (non-hydrogen) atoms. The smallest absolute Gasteiger partial charge is 0.251 e. The predicted octanol–water partition coefficient (Wildman–Crippen LogP) is 3.94. The lowest BCUT2D eigenvalue weighted by Gasteiger charge is -2.12. The monoisotopic (exact) mass is 441 g/mol. The van der Waals surface area contributed by atoms with Crippen LogP contribution in [0, 0.1) is 0 Å². The van der Waals surface area contributed by atoms with Crippen LogP contribution in [0.5, 0.6) is 0 Å². The van der Waals surface area contributed by atoms with Crippen LogP contribution in [0.4, 0.5) is 0 Å². The molecular weight excluding hydrogens is 414 g/mol. The lowest BCUT2D eigenvalue weighted by atomic mass is 10.1. The number of nitrogens with zero attached hydrogens (tertiary/aromatic N) is 3. The first kappa shape index (κ1) is 22.2. The minimum Gasteiger partial charge on any atom is -0.350 e. The van der Waals surface area contributed by atoms with Crippen molar-refractivity contribution in [3.05, 3.63) is 95.1 Å². The van der Waals surface area contributed by atoms with E-state index in [4.69, 9.17) is 0 Å². The lowest BCUT2D eigenvalue weighted by Crippen LogP contribution is -2.32. The number of hydrogen-bond acceptors (Lipinski definition) is 4. The summed E-state index contributed by atoms with van der Waals surface area (Å²) in [5.41, 5.74) is 4.89. The van der Waals surface area contributed by atoms with E-state index in [1.165, 1.54) is 0 Å². The number of benzene rings is 3. The van der Waals surface area contributed by atoms with Crippen molar-refractivity contribution in [1.82, 2.24) is 25.6 Å². The third kappa shape index (κ3) is 5.44. The van der Waals surface area contributed by atoms with E-state index in [2.05, 4.69) is 20.9 Å². The number of fused-ring (bicyclic) bond motifs is 1. The van der Waals surface area contributed by atoms with Gasteiger partial charge in [-0.1, -0.05) is 48.5 Å². The third-order valence-electron chi connectivity index (χ3n) is 5.60. The molecule has 1 atom stereocenters. The molecule has 3 aromatic carbocycles. The average Bonchev–Trinajstić information content (AvgIpc) is 3.26. The summed E-state index contributed by atoms with van der Waals surface area (Å²) in [4.78, 5) is 24.9. The van der Waals surface area contributed by atoms with Crippen molar-refractivity contribution in [3.8, 4) is 0 Å². The predicted molar refractivity (Wildman–Crippen MR) is 128 cm³/mol. The van der Waals surface area contributed by atoms with E-state index in [9.17, 15) is 9.59 Å². The Morgan fingerprint density at radius 2 is 1.70 bits per heavy atom. The number of carbonyl (C=O) groups excluding carboxylic acids is 2. The fourth-order valence-electron chi connectivity index (χ4n) is 3.48. The van der Waals surface area contributed by atoms with Crippen molar-refractivity contribution in [2.45, 2.75) is 39.4 Å². The second-order valence-electron chi connectivity index (χ2n) is 8.10. The Hall–Kier alpha value is -4.00. The van der Waals surface area contributed by atoms with E-state index < -0.39 is 0 Å². The van der Waals surface area contributed by atoms with Gasteiger partial charge in [0.1, 0.15) is 5.52 Å². The van der Waals surface area contributed by atoms with Gasteiger partial charge in [0.2, 0.25) is 0 Å². The molecule has 4 rings (SSSR count). The standard InChI is InChI=1S/C26H27N5O2/c1-3-18(2)28-26(33)22-8-6-7-20(15-22)16-27-25(32)21-13-11-19(12-14-21)17-31-24-10-5-4-9-23(24)29-30-31/h4-15,18H,3,16-17H2,1-2H3,(H,27,32)(H,28,33). The van der Waals surface area contributed by atoms with Gasteiger partial charge >= 0.3 is 0 Å². The topological polar surface area (TPSA) is 88.9 Å². The van der Waals surface area contributed by atoms with Crippen LogP contribution >= 0.6 is 0 Å². The largest absolute Gasteiger partial charge is 0.350 e. The molecule has 0 aliphatic heterocycles. The second-order valence-corrected chi connectivity index (χ2v) is 8.10. The van der Waals surface area contributed by atoms with Gasteiger partial charge in [-0.2, -0.15) is 0 Å². The van der Waals surface area contributed by atoms with Crippen molar-refractivity contribution >= 4 is 22.8 Å². The first-order valence-electron chi connectivity index (χ1n) is 11.1. The maximum Gasteiger partial charge on any atom is 0.251 e. The number of para-hydroxylation sites is 1. The Morgan fingerprint density at radius 3 is 2.48 bits per heavy atom. The molecule has 0 aliphatic carbocycles. The summed E-state index contributed by atoms with van der Waals surface area (Å²) in [5.74, 6) is -0.268. The van der Waals surface area contributed by atoms with Gasteiger partial charge in [-0.3, -0.25) is 9.59 Å². The second kappa shape index (κ2) is 10.1. The molecule has 7 heteroatoms. The van der Waals surface area contributed by atoms with Gasteiger partial charge in [-0.15, -0.1) is 5.10 Å². The van der Waals surface area contributed by atoms with Crippen LogP contribution in [0.2, 0.25) is 0 Å². The van der Waals surface area contributed by atoms with Gasteiger partial charge in [0.05, 0.1) is 12.1 Å². The molecular formula is C26H27N5O2. The maximum atomic E-state index is 12.6. The van der Waals surface area contributed by atoms with Crippen LogP contribution in [0.3, 0.4) is 0 Å². The van der Waals surface area contributed by atoms with E-state index in [0.29, 0.717) is 24.2 Å². The lowest BCUT2D eigenvalue weighted by molar-refractivity contribution is 0.0936. The third-order valence-corrected chi connectivity index (χ3v) is 5.60. The molecule has 0 fully saturated rings. The van der Waals surface area contributed by atoms with Crippen molar-refractivity contribution in [3.63, 3.8) is 0 Å². The molecule has 0 spiro atoms. The van der Waals surface area contributed by atoms with Gasteiger partial charge in [0.25, 0.3) is 11.8 Å². The zero-order valence-electron chi connectivity index (χ0n) is 18.8. The molecule has 0 radical (unpaired) electrons. The van der Waals surface area contributed by atoms with E-state index in [0.717, 1.165) is 28.6 Å². The average molecular weight is 442 g/mol. The molecule has 168 valence electrons. The highest BCUT2D eigenvalue weighted by atomic mass is 16.2. The van der Waals surface area contributed by atoms with Crippen molar-refractivity contribution in [2.75, 3.05) is 0 Å². The minimum atomic E-state index is -0.165. The van der Waals surface area contributed by atoms with Crippen LogP contribution in [-0.4, -0.2) is 32.9 Å². The number of rotatable bonds is 8. The van der Waals surface area contributed by atoms with Crippen LogP contribution in [0.15, 0.2) is 72.8 Å². The first-order valence-corrected chi connectivity index (χ1v) is 11.1.